The van der Waals surface area contributed by atoms with Gasteiger partial charge in [0, 0.05) is 12.7 Å². The third-order valence-corrected chi connectivity index (χ3v) is 3.03. The molecule has 0 saturated carbocycles. The minimum atomic E-state index is -4.39. The molecule has 1 aromatic heterocycles. The van der Waals surface area contributed by atoms with Gasteiger partial charge in [-0.15, -0.1) is 0 Å². The van der Waals surface area contributed by atoms with Gasteiger partial charge in [-0.3, -0.25) is 0 Å². The molecule has 0 radical (unpaired) electrons. The molecule has 0 aliphatic heterocycles. The number of carboxylic acids is 1. The third-order valence-electron chi connectivity index (χ3n) is 2.82. The lowest BCUT2D eigenvalue weighted by Crippen LogP contribution is -2.09. The van der Waals surface area contributed by atoms with E-state index in [2.05, 4.69) is 10.3 Å². The number of carbonyl (C=O) groups is 1. The standard InChI is InChI=1S/C14H10ClF3N2O2/c15-10-5-11(12(13(21)22)20-7-10)19-6-8-1-3-9(4-2-8)14(16,17)18/h1-5,7,19H,6H2,(H,21,22). The Morgan fingerprint density at radius 1 is 1.27 bits per heavy atom. The van der Waals surface area contributed by atoms with Gasteiger partial charge in [-0.1, -0.05) is 23.7 Å². The highest BCUT2D eigenvalue weighted by atomic mass is 35.5. The molecule has 0 aliphatic carbocycles. The molecule has 2 rings (SSSR count). The van der Waals surface area contributed by atoms with Crippen LogP contribution in [-0.4, -0.2) is 16.1 Å². The second-order valence-corrected chi connectivity index (χ2v) is 4.84. The summed E-state index contributed by atoms with van der Waals surface area (Å²) < 4.78 is 37.4. The Morgan fingerprint density at radius 3 is 2.45 bits per heavy atom. The van der Waals surface area contributed by atoms with Crippen molar-refractivity contribution in [2.24, 2.45) is 0 Å². The number of nitrogens with zero attached hydrogens (tertiary/aromatic N) is 1. The summed E-state index contributed by atoms with van der Waals surface area (Å²) >= 11 is 5.75. The van der Waals surface area contributed by atoms with Gasteiger partial charge in [-0.2, -0.15) is 13.2 Å². The molecule has 0 unspecified atom stereocenters. The Balaban J connectivity index is 2.13. The lowest BCUT2D eigenvalue weighted by Gasteiger charge is -2.11. The van der Waals surface area contributed by atoms with Crippen LogP contribution in [-0.2, 0) is 12.7 Å². The number of halogens is 4. The van der Waals surface area contributed by atoms with E-state index in [4.69, 9.17) is 16.7 Å². The van der Waals surface area contributed by atoms with Crippen LogP contribution in [0.3, 0.4) is 0 Å². The van der Waals surface area contributed by atoms with Crippen molar-refractivity contribution in [1.82, 2.24) is 4.98 Å². The molecule has 2 N–H and O–H groups in total. The first kappa shape index (κ1) is 16.1. The van der Waals surface area contributed by atoms with Crippen LogP contribution in [0.2, 0.25) is 5.02 Å². The van der Waals surface area contributed by atoms with Gasteiger partial charge in [-0.25, -0.2) is 9.78 Å². The van der Waals surface area contributed by atoms with Crippen LogP contribution >= 0.6 is 11.6 Å². The fourth-order valence-corrected chi connectivity index (χ4v) is 1.91. The topological polar surface area (TPSA) is 62.2 Å². The zero-order chi connectivity index (χ0) is 16.3. The normalized spacial score (nSPS) is 11.3. The number of hydrogen-bond acceptors (Lipinski definition) is 3. The number of carboxylic acid groups (broad SMARTS) is 1. The van der Waals surface area contributed by atoms with Crippen molar-refractivity contribution >= 4 is 23.3 Å². The van der Waals surface area contributed by atoms with Gasteiger partial charge < -0.3 is 10.4 Å². The maximum absolute atomic E-state index is 12.5. The third kappa shape index (κ3) is 3.88. The molecule has 0 atom stereocenters. The number of anilines is 1. The number of rotatable bonds is 4. The molecule has 0 amide bonds. The number of nitrogens with one attached hydrogen (secondary N) is 1. The highest BCUT2D eigenvalue weighted by molar-refractivity contribution is 6.30. The van der Waals surface area contributed by atoms with Crippen molar-refractivity contribution in [3.05, 3.63) is 58.4 Å². The van der Waals surface area contributed by atoms with Crippen LogP contribution in [0.25, 0.3) is 0 Å². The molecule has 0 saturated heterocycles. The second kappa shape index (κ2) is 6.23. The van der Waals surface area contributed by atoms with Gasteiger partial charge in [-0.05, 0) is 23.8 Å². The molecule has 116 valence electrons. The number of pyridine rings is 1. The van der Waals surface area contributed by atoms with E-state index in [-0.39, 0.29) is 22.9 Å². The SMILES string of the molecule is O=C(O)c1ncc(Cl)cc1NCc1ccc(C(F)(F)F)cc1. The van der Waals surface area contributed by atoms with Gasteiger partial charge in [0.2, 0.25) is 0 Å². The van der Waals surface area contributed by atoms with E-state index >= 15 is 0 Å². The minimum Gasteiger partial charge on any atom is -0.476 e. The van der Waals surface area contributed by atoms with E-state index in [1.165, 1.54) is 24.4 Å². The number of benzene rings is 1. The Morgan fingerprint density at radius 2 is 1.91 bits per heavy atom. The van der Waals surface area contributed by atoms with Crippen LogP contribution in [0, 0.1) is 0 Å². The van der Waals surface area contributed by atoms with E-state index in [9.17, 15) is 18.0 Å². The molecule has 1 aromatic carbocycles. The molecule has 2 aromatic rings. The smallest absolute Gasteiger partial charge is 0.416 e. The summed E-state index contributed by atoms with van der Waals surface area (Å²) in [6, 6.07) is 5.95. The van der Waals surface area contributed by atoms with Crippen molar-refractivity contribution in [2.45, 2.75) is 12.7 Å². The summed E-state index contributed by atoms with van der Waals surface area (Å²) in [6.45, 7) is 0.139. The number of hydrogen-bond donors (Lipinski definition) is 2. The molecular formula is C14H10ClF3N2O2. The Hall–Kier alpha value is -2.28. The lowest BCUT2D eigenvalue weighted by atomic mass is 10.1. The molecule has 0 fully saturated rings. The van der Waals surface area contributed by atoms with E-state index in [0.29, 0.717) is 5.56 Å². The number of aromatic nitrogens is 1. The molecule has 4 nitrogen and oxygen atoms in total. The highest BCUT2D eigenvalue weighted by Gasteiger charge is 2.29. The molecule has 1 heterocycles. The zero-order valence-electron chi connectivity index (χ0n) is 11.0. The molecule has 0 bridgehead atoms. The Kier molecular flexibility index (Phi) is 4.56. The van der Waals surface area contributed by atoms with Crippen molar-refractivity contribution in [2.75, 3.05) is 5.32 Å². The van der Waals surface area contributed by atoms with E-state index in [0.717, 1.165) is 12.1 Å². The van der Waals surface area contributed by atoms with Gasteiger partial charge in [0.1, 0.15) is 0 Å². The van der Waals surface area contributed by atoms with Crippen LogP contribution in [0.4, 0.5) is 18.9 Å². The summed E-state index contributed by atoms with van der Waals surface area (Å²) in [6.07, 6.45) is -3.19. The summed E-state index contributed by atoms with van der Waals surface area (Å²) in [7, 11) is 0. The highest BCUT2D eigenvalue weighted by Crippen LogP contribution is 2.29. The monoisotopic (exact) mass is 330 g/mol. The lowest BCUT2D eigenvalue weighted by molar-refractivity contribution is -0.137. The molecule has 8 heteroatoms. The van der Waals surface area contributed by atoms with Crippen LogP contribution in [0.15, 0.2) is 36.5 Å². The summed E-state index contributed by atoms with van der Waals surface area (Å²) in [5.74, 6) is -1.23. The Labute approximate surface area is 128 Å². The number of alkyl halides is 3. The maximum Gasteiger partial charge on any atom is 0.416 e. The van der Waals surface area contributed by atoms with Gasteiger partial charge >= 0.3 is 12.1 Å². The van der Waals surface area contributed by atoms with E-state index in [1.54, 1.807) is 0 Å². The van der Waals surface area contributed by atoms with Crippen molar-refractivity contribution in [3.63, 3.8) is 0 Å². The van der Waals surface area contributed by atoms with Gasteiger partial charge in [0.05, 0.1) is 16.3 Å². The predicted molar refractivity (Wildman–Crippen MR) is 75.0 cm³/mol. The van der Waals surface area contributed by atoms with Crippen molar-refractivity contribution < 1.29 is 23.1 Å². The largest absolute Gasteiger partial charge is 0.476 e. The summed E-state index contributed by atoms with van der Waals surface area (Å²) in [4.78, 5) is 14.7. The molecule has 22 heavy (non-hydrogen) atoms. The quantitative estimate of drug-likeness (QED) is 0.887. The first-order valence-corrected chi connectivity index (χ1v) is 6.44. The molecular weight excluding hydrogens is 321 g/mol. The second-order valence-electron chi connectivity index (χ2n) is 4.40. The fourth-order valence-electron chi connectivity index (χ4n) is 1.75. The van der Waals surface area contributed by atoms with E-state index in [1.807, 2.05) is 0 Å². The maximum atomic E-state index is 12.5. The summed E-state index contributed by atoms with van der Waals surface area (Å²) in [5, 5.41) is 12.1. The van der Waals surface area contributed by atoms with Crippen molar-refractivity contribution in [3.8, 4) is 0 Å². The molecule has 0 aliphatic rings. The van der Waals surface area contributed by atoms with Crippen LogP contribution in [0.5, 0.6) is 0 Å². The first-order chi connectivity index (χ1) is 10.3. The Bertz CT molecular complexity index is 687. The zero-order valence-corrected chi connectivity index (χ0v) is 11.7. The molecule has 0 spiro atoms. The van der Waals surface area contributed by atoms with Crippen LogP contribution in [0.1, 0.15) is 21.6 Å². The fraction of sp³-hybridized carbons (Fsp3) is 0.143. The van der Waals surface area contributed by atoms with Crippen LogP contribution < -0.4 is 5.32 Å². The average Bonchev–Trinajstić information content (AvgIpc) is 2.44. The predicted octanol–water partition coefficient (Wildman–Crippen LogP) is 4.06. The van der Waals surface area contributed by atoms with E-state index < -0.39 is 17.7 Å². The van der Waals surface area contributed by atoms with Gasteiger partial charge in [0.15, 0.2) is 5.69 Å². The number of aromatic carboxylic acids is 1. The average molecular weight is 331 g/mol. The van der Waals surface area contributed by atoms with Crippen molar-refractivity contribution in [1.29, 1.82) is 0 Å². The van der Waals surface area contributed by atoms with Gasteiger partial charge in [0.25, 0.3) is 0 Å². The summed E-state index contributed by atoms with van der Waals surface area (Å²) in [5.41, 5.74) is -0.201. The first-order valence-electron chi connectivity index (χ1n) is 6.06. The minimum absolute atomic E-state index is 0.139.